The highest BCUT2D eigenvalue weighted by molar-refractivity contribution is 6.01. The molecular formula is C21H24N2O3. The molecule has 2 aromatic rings. The summed E-state index contributed by atoms with van der Waals surface area (Å²) < 4.78 is 5.32. The molecule has 1 atom stereocenters. The molecule has 5 heteroatoms. The van der Waals surface area contributed by atoms with E-state index in [-0.39, 0.29) is 11.8 Å². The lowest BCUT2D eigenvalue weighted by molar-refractivity contribution is -0.113. The Morgan fingerprint density at radius 1 is 1.15 bits per heavy atom. The van der Waals surface area contributed by atoms with Crippen LogP contribution < -0.4 is 10.2 Å². The van der Waals surface area contributed by atoms with Gasteiger partial charge in [-0.1, -0.05) is 36.9 Å². The van der Waals surface area contributed by atoms with Gasteiger partial charge < -0.3 is 15.0 Å². The van der Waals surface area contributed by atoms with Crippen LogP contribution in [-0.4, -0.2) is 32.6 Å². The van der Waals surface area contributed by atoms with E-state index >= 15 is 0 Å². The lowest BCUT2D eigenvalue weighted by Gasteiger charge is -2.31. The molecule has 0 saturated carbocycles. The van der Waals surface area contributed by atoms with Crippen molar-refractivity contribution in [1.82, 2.24) is 5.32 Å². The summed E-state index contributed by atoms with van der Waals surface area (Å²) in [5.74, 6) is -0.420. The lowest BCUT2D eigenvalue weighted by atomic mass is 9.92. The van der Waals surface area contributed by atoms with E-state index < -0.39 is 5.54 Å². The van der Waals surface area contributed by atoms with Gasteiger partial charge in [0.1, 0.15) is 0 Å². The number of hydrogen-bond donors (Lipinski definition) is 1. The van der Waals surface area contributed by atoms with Crippen LogP contribution in [0.25, 0.3) is 0 Å². The predicted molar refractivity (Wildman–Crippen MR) is 103 cm³/mol. The molecule has 2 amide bonds. The van der Waals surface area contributed by atoms with Crippen LogP contribution in [0.4, 0.5) is 5.69 Å². The minimum absolute atomic E-state index is 0.209. The van der Waals surface area contributed by atoms with Crippen LogP contribution >= 0.6 is 0 Å². The normalized spacial score (nSPS) is 12.7. The van der Waals surface area contributed by atoms with Gasteiger partial charge in [0.2, 0.25) is 5.91 Å². The van der Waals surface area contributed by atoms with Crippen molar-refractivity contribution in [1.29, 1.82) is 0 Å². The molecule has 0 saturated heterocycles. The largest absolute Gasteiger partial charge is 0.382 e. The van der Waals surface area contributed by atoms with Gasteiger partial charge in [0.25, 0.3) is 5.91 Å². The summed E-state index contributed by atoms with van der Waals surface area (Å²) in [7, 11) is 3.26. The average Bonchev–Trinajstić information content (AvgIpc) is 2.67. The Morgan fingerprint density at radius 2 is 1.77 bits per heavy atom. The zero-order valence-electron chi connectivity index (χ0n) is 15.4. The molecule has 0 fully saturated rings. The van der Waals surface area contributed by atoms with Gasteiger partial charge in [-0.25, -0.2) is 0 Å². The number of hydrogen-bond acceptors (Lipinski definition) is 3. The molecule has 1 unspecified atom stereocenters. The number of carbonyl (C=O) groups is 2. The number of benzene rings is 2. The fourth-order valence-electron chi connectivity index (χ4n) is 2.71. The van der Waals surface area contributed by atoms with Crippen molar-refractivity contribution in [2.24, 2.45) is 0 Å². The first kappa shape index (κ1) is 19.4. The SMILES string of the molecule is C=CC(=O)N(C)c1ccc(C(=O)NC(C)(COC)c2ccccc2)cc1. The molecule has 26 heavy (non-hydrogen) atoms. The fourth-order valence-corrected chi connectivity index (χ4v) is 2.71. The summed E-state index contributed by atoms with van der Waals surface area (Å²) in [5, 5.41) is 3.05. The third kappa shape index (κ3) is 4.37. The second-order valence-corrected chi connectivity index (χ2v) is 6.23. The van der Waals surface area contributed by atoms with Gasteiger partial charge in [-0.15, -0.1) is 0 Å². The number of anilines is 1. The van der Waals surface area contributed by atoms with Gasteiger partial charge in [0.05, 0.1) is 12.1 Å². The van der Waals surface area contributed by atoms with E-state index in [1.165, 1.54) is 11.0 Å². The predicted octanol–water partition coefficient (Wildman–Crippen LogP) is 3.13. The molecule has 1 N–H and O–H groups in total. The van der Waals surface area contributed by atoms with E-state index in [2.05, 4.69) is 11.9 Å². The van der Waals surface area contributed by atoms with Gasteiger partial charge in [-0.05, 0) is 42.8 Å². The van der Waals surface area contributed by atoms with E-state index in [1.54, 1.807) is 38.4 Å². The number of rotatable bonds is 7. The molecule has 0 aliphatic carbocycles. The number of nitrogens with one attached hydrogen (secondary N) is 1. The quantitative estimate of drug-likeness (QED) is 0.779. The zero-order chi connectivity index (χ0) is 19.2. The van der Waals surface area contributed by atoms with E-state index in [1.807, 2.05) is 37.3 Å². The number of carbonyl (C=O) groups excluding carboxylic acids is 2. The molecule has 0 bridgehead atoms. The second kappa shape index (κ2) is 8.45. The molecule has 0 aliphatic rings. The molecule has 2 rings (SSSR count). The van der Waals surface area contributed by atoms with E-state index in [0.29, 0.717) is 17.9 Å². The number of likely N-dealkylation sites (N-methyl/N-ethyl adjacent to an activating group) is 1. The monoisotopic (exact) mass is 352 g/mol. The van der Waals surface area contributed by atoms with Gasteiger partial charge >= 0.3 is 0 Å². The van der Waals surface area contributed by atoms with Crippen LogP contribution in [-0.2, 0) is 15.1 Å². The van der Waals surface area contributed by atoms with Crippen LogP contribution in [0.1, 0.15) is 22.8 Å². The van der Waals surface area contributed by atoms with Crippen LogP contribution in [0.5, 0.6) is 0 Å². The molecular weight excluding hydrogens is 328 g/mol. The van der Waals surface area contributed by atoms with Crippen molar-refractivity contribution in [2.45, 2.75) is 12.5 Å². The highest BCUT2D eigenvalue weighted by Crippen LogP contribution is 2.22. The Bertz CT molecular complexity index is 772. The summed E-state index contributed by atoms with van der Waals surface area (Å²) >= 11 is 0. The maximum atomic E-state index is 12.7. The lowest BCUT2D eigenvalue weighted by Crippen LogP contribution is -2.46. The summed E-state index contributed by atoms with van der Waals surface area (Å²) in [4.78, 5) is 25.8. The third-order valence-electron chi connectivity index (χ3n) is 4.26. The Morgan fingerprint density at radius 3 is 2.31 bits per heavy atom. The van der Waals surface area contributed by atoms with Crippen molar-refractivity contribution in [3.05, 3.63) is 78.4 Å². The first-order valence-corrected chi connectivity index (χ1v) is 8.28. The summed E-state index contributed by atoms with van der Waals surface area (Å²) in [5.41, 5.74) is 1.50. The molecule has 136 valence electrons. The maximum absolute atomic E-state index is 12.7. The summed E-state index contributed by atoms with van der Waals surface area (Å²) in [6, 6.07) is 16.5. The standard InChI is InChI=1S/C21H24N2O3/c1-5-19(24)23(3)18-13-11-16(12-14-18)20(25)22-21(2,15-26-4)17-9-7-6-8-10-17/h5-14H,1,15H2,2-4H3,(H,22,25). The highest BCUT2D eigenvalue weighted by Gasteiger charge is 2.29. The smallest absolute Gasteiger partial charge is 0.252 e. The van der Waals surface area contributed by atoms with Crippen molar-refractivity contribution in [2.75, 3.05) is 25.7 Å². The molecule has 0 aromatic heterocycles. The molecule has 2 aromatic carbocycles. The molecule has 5 nitrogen and oxygen atoms in total. The number of methoxy groups -OCH3 is 1. The van der Waals surface area contributed by atoms with Gasteiger partial charge in [-0.2, -0.15) is 0 Å². The molecule has 0 radical (unpaired) electrons. The first-order chi connectivity index (χ1) is 12.4. The number of nitrogens with zero attached hydrogens (tertiary/aromatic N) is 1. The summed E-state index contributed by atoms with van der Waals surface area (Å²) in [6.45, 7) is 5.74. The third-order valence-corrected chi connectivity index (χ3v) is 4.26. The van der Waals surface area contributed by atoms with Crippen molar-refractivity contribution < 1.29 is 14.3 Å². The van der Waals surface area contributed by atoms with Gasteiger partial charge in [-0.3, -0.25) is 9.59 Å². The van der Waals surface area contributed by atoms with Gasteiger partial charge in [0.15, 0.2) is 0 Å². The topological polar surface area (TPSA) is 58.6 Å². The minimum atomic E-state index is -0.651. The Hall–Kier alpha value is -2.92. The van der Waals surface area contributed by atoms with Crippen LogP contribution in [0.3, 0.4) is 0 Å². The highest BCUT2D eigenvalue weighted by atomic mass is 16.5. The second-order valence-electron chi connectivity index (χ2n) is 6.23. The van der Waals surface area contributed by atoms with Crippen molar-refractivity contribution in [3.63, 3.8) is 0 Å². The number of ether oxygens (including phenoxy) is 1. The van der Waals surface area contributed by atoms with Crippen LogP contribution in [0.2, 0.25) is 0 Å². The average molecular weight is 352 g/mol. The number of amides is 2. The first-order valence-electron chi connectivity index (χ1n) is 8.28. The molecule has 0 heterocycles. The Balaban J connectivity index is 2.19. The Kier molecular flexibility index (Phi) is 6.31. The minimum Gasteiger partial charge on any atom is -0.382 e. The van der Waals surface area contributed by atoms with E-state index in [9.17, 15) is 9.59 Å². The Labute approximate surface area is 154 Å². The maximum Gasteiger partial charge on any atom is 0.252 e. The summed E-state index contributed by atoms with van der Waals surface area (Å²) in [6.07, 6.45) is 1.25. The van der Waals surface area contributed by atoms with Crippen molar-refractivity contribution in [3.8, 4) is 0 Å². The van der Waals surface area contributed by atoms with Crippen LogP contribution in [0, 0.1) is 0 Å². The molecule has 0 aliphatic heterocycles. The fraction of sp³-hybridized carbons (Fsp3) is 0.238. The van der Waals surface area contributed by atoms with Crippen molar-refractivity contribution >= 4 is 17.5 Å². The van der Waals surface area contributed by atoms with Gasteiger partial charge in [0, 0.05) is 25.4 Å². The van der Waals surface area contributed by atoms with E-state index in [4.69, 9.17) is 4.74 Å². The molecule has 0 spiro atoms. The zero-order valence-corrected chi connectivity index (χ0v) is 15.4. The van der Waals surface area contributed by atoms with Crippen LogP contribution in [0.15, 0.2) is 67.3 Å². The van der Waals surface area contributed by atoms with E-state index in [0.717, 1.165) is 5.56 Å².